The van der Waals surface area contributed by atoms with Crippen molar-refractivity contribution in [3.05, 3.63) is 132 Å². The van der Waals surface area contributed by atoms with Crippen molar-refractivity contribution in [2.75, 3.05) is 11.5 Å². The molecule has 8 rings (SSSR count). The highest BCUT2D eigenvalue weighted by molar-refractivity contribution is 8.15. The summed E-state index contributed by atoms with van der Waals surface area (Å²) in [5.74, 6) is 2.05. The second kappa shape index (κ2) is 11.3. The van der Waals surface area contributed by atoms with Crippen molar-refractivity contribution < 1.29 is 0 Å². The van der Waals surface area contributed by atoms with Crippen molar-refractivity contribution in [3.8, 4) is 33.4 Å². The standard InChI is InChI=1S/C42H36N2S2/c1-41(2)25-45-39(43-41)30-18-14-28(15-19-30)37-33-12-8-9-13-34(33)38(29-16-20-31(21-17-29)40-44-42(3,4)26-46-40)36-24-32(22-23-35(36)37)27-10-6-5-7-11-27/h5-24H,25-26H2,1-4H3. The Balaban J connectivity index is 1.34. The first-order valence-electron chi connectivity index (χ1n) is 16.0. The van der Waals surface area contributed by atoms with E-state index in [2.05, 4.69) is 149 Å². The van der Waals surface area contributed by atoms with Gasteiger partial charge in [-0.15, -0.1) is 23.5 Å². The zero-order chi connectivity index (χ0) is 31.5. The molecule has 2 aliphatic rings. The van der Waals surface area contributed by atoms with E-state index in [0.717, 1.165) is 21.6 Å². The van der Waals surface area contributed by atoms with Gasteiger partial charge in [-0.3, -0.25) is 9.98 Å². The van der Waals surface area contributed by atoms with Crippen molar-refractivity contribution in [2.45, 2.75) is 38.8 Å². The number of benzene rings is 6. The summed E-state index contributed by atoms with van der Waals surface area (Å²) in [6.45, 7) is 8.84. The number of aliphatic imine (C=N–C) groups is 2. The molecule has 6 aromatic rings. The van der Waals surface area contributed by atoms with Crippen LogP contribution in [-0.4, -0.2) is 32.7 Å². The minimum atomic E-state index is -0.00701. The van der Waals surface area contributed by atoms with Gasteiger partial charge in [0.1, 0.15) is 0 Å². The van der Waals surface area contributed by atoms with Gasteiger partial charge in [-0.2, -0.15) is 0 Å². The number of rotatable bonds is 5. The van der Waals surface area contributed by atoms with Crippen molar-refractivity contribution in [1.29, 1.82) is 0 Å². The molecule has 2 aliphatic heterocycles. The van der Waals surface area contributed by atoms with E-state index < -0.39 is 0 Å². The normalized spacial score (nSPS) is 17.0. The molecule has 0 atom stereocenters. The molecule has 0 radical (unpaired) electrons. The summed E-state index contributed by atoms with van der Waals surface area (Å²) < 4.78 is 0. The van der Waals surface area contributed by atoms with Gasteiger partial charge in [0.05, 0.1) is 21.2 Å². The Hall–Kier alpha value is -4.12. The van der Waals surface area contributed by atoms with Crippen LogP contribution < -0.4 is 0 Å². The van der Waals surface area contributed by atoms with E-state index in [9.17, 15) is 0 Å². The predicted octanol–water partition coefficient (Wildman–Crippen LogP) is 11.5. The summed E-state index contributed by atoms with van der Waals surface area (Å²) in [6.07, 6.45) is 0. The summed E-state index contributed by atoms with van der Waals surface area (Å²) >= 11 is 3.72. The maximum Gasteiger partial charge on any atom is 0.0984 e. The maximum absolute atomic E-state index is 4.99. The molecule has 2 heterocycles. The van der Waals surface area contributed by atoms with Crippen LogP contribution >= 0.6 is 23.5 Å². The van der Waals surface area contributed by atoms with Crippen LogP contribution in [0, 0.1) is 0 Å². The van der Waals surface area contributed by atoms with Crippen LogP contribution in [0.15, 0.2) is 131 Å². The summed E-state index contributed by atoms with van der Waals surface area (Å²) in [6, 6.07) is 44.8. The van der Waals surface area contributed by atoms with Gasteiger partial charge < -0.3 is 0 Å². The highest BCUT2D eigenvalue weighted by Crippen LogP contribution is 2.45. The lowest BCUT2D eigenvalue weighted by atomic mass is 9.84. The van der Waals surface area contributed by atoms with E-state index in [1.165, 1.54) is 66.1 Å². The van der Waals surface area contributed by atoms with Gasteiger partial charge in [-0.25, -0.2) is 0 Å². The van der Waals surface area contributed by atoms with Gasteiger partial charge in [0, 0.05) is 22.6 Å². The smallest absolute Gasteiger partial charge is 0.0984 e. The van der Waals surface area contributed by atoms with E-state index in [1.807, 2.05) is 23.5 Å². The Bertz CT molecular complexity index is 2170. The average Bonchev–Trinajstić information content (AvgIpc) is 3.64. The Morgan fingerprint density at radius 1 is 0.413 bits per heavy atom. The van der Waals surface area contributed by atoms with Gasteiger partial charge in [0.15, 0.2) is 0 Å². The third-order valence-electron chi connectivity index (χ3n) is 8.90. The summed E-state index contributed by atoms with van der Waals surface area (Å²) in [4.78, 5) is 9.98. The van der Waals surface area contributed by atoms with Gasteiger partial charge >= 0.3 is 0 Å². The lowest BCUT2D eigenvalue weighted by Gasteiger charge is -2.19. The monoisotopic (exact) mass is 632 g/mol. The second-order valence-electron chi connectivity index (χ2n) is 13.6. The molecule has 0 aromatic heterocycles. The van der Waals surface area contributed by atoms with Gasteiger partial charge in [0.25, 0.3) is 0 Å². The van der Waals surface area contributed by atoms with E-state index in [1.54, 1.807) is 0 Å². The first-order chi connectivity index (χ1) is 22.2. The van der Waals surface area contributed by atoms with Crippen LogP contribution in [0.5, 0.6) is 0 Å². The molecular weight excluding hydrogens is 597 g/mol. The van der Waals surface area contributed by atoms with E-state index in [4.69, 9.17) is 9.98 Å². The van der Waals surface area contributed by atoms with E-state index in [-0.39, 0.29) is 11.1 Å². The van der Waals surface area contributed by atoms with E-state index >= 15 is 0 Å². The zero-order valence-corrected chi connectivity index (χ0v) is 28.3. The molecule has 0 saturated carbocycles. The molecular formula is C42H36N2S2. The van der Waals surface area contributed by atoms with Crippen LogP contribution in [0.2, 0.25) is 0 Å². The molecule has 0 aliphatic carbocycles. The Kier molecular flexibility index (Phi) is 7.19. The SMILES string of the molecule is CC1(C)CSC(c2ccc(-c3c4ccccc4c(-c4ccc(C5=NC(C)(C)CS5)cc4)c4cc(-c5ccccc5)ccc34)cc2)=N1. The third kappa shape index (κ3) is 5.38. The third-order valence-corrected chi connectivity index (χ3v) is 11.8. The van der Waals surface area contributed by atoms with Crippen LogP contribution in [-0.2, 0) is 0 Å². The fraction of sp³-hybridized carbons (Fsp3) is 0.190. The molecule has 4 heteroatoms. The fourth-order valence-corrected chi connectivity index (χ4v) is 8.97. The molecule has 0 saturated heterocycles. The fourth-order valence-electron chi connectivity index (χ4n) is 6.63. The summed E-state index contributed by atoms with van der Waals surface area (Å²) in [5, 5.41) is 7.33. The molecule has 2 nitrogen and oxygen atoms in total. The predicted molar refractivity (Wildman–Crippen MR) is 204 cm³/mol. The van der Waals surface area contributed by atoms with Crippen molar-refractivity contribution in [3.63, 3.8) is 0 Å². The summed E-state index contributed by atoms with van der Waals surface area (Å²) in [5.41, 5.74) is 9.82. The van der Waals surface area contributed by atoms with Gasteiger partial charge in [0.2, 0.25) is 0 Å². The van der Waals surface area contributed by atoms with Crippen LogP contribution in [0.3, 0.4) is 0 Å². The van der Waals surface area contributed by atoms with Crippen molar-refractivity contribution >= 4 is 55.2 Å². The van der Waals surface area contributed by atoms with Gasteiger partial charge in [-0.1, -0.05) is 115 Å². The Morgan fingerprint density at radius 2 is 0.826 bits per heavy atom. The highest BCUT2D eigenvalue weighted by Gasteiger charge is 2.27. The van der Waals surface area contributed by atoms with Crippen molar-refractivity contribution in [2.24, 2.45) is 9.98 Å². The molecule has 0 amide bonds. The molecule has 46 heavy (non-hydrogen) atoms. The quantitative estimate of drug-likeness (QED) is 0.177. The molecule has 0 N–H and O–H groups in total. The summed E-state index contributed by atoms with van der Waals surface area (Å²) in [7, 11) is 0. The number of thioether (sulfide) groups is 2. The molecule has 0 fully saturated rings. The zero-order valence-electron chi connectivity index (χ0n) is 26.7. The molecule has 0 bridgehead atoms. The number of hydrogen-bond acceptors (Lipinski definition) is 4. The largest absolute Gasteiger partial charge is 0.271 e. The van der Waals surface area contributed by atoms with Crippen LogP contribution in [0.25, 0.3) is 54.9 Å². The first kappa shape index (κ1) is 29.3. The van der Waals surface area contributed by atoms with Crippen LogP contribution in [0.4, 0.5) is 0 Å². The molecule has 0 spiro atoms. The highest BCUT2D eigenvalue weighted by atomic mass is 32.2. The van der Waals surface area contributed by atoms with E-state index in [0.29, 0.717) is 0 Å². The number of nitrogens with zero attached hydrogens (tertiary/aromatic N) is 2. The first-order valence-corrected chi connectivity index (χ1v) is 17.9. The maximum atomic E-state index is 4.99. The Labute approximate surface area is 280 Å². The second-order valence-corrected chi connectivity index (χ2v) is 15.5. The average molecular weight is 633 g/mol. The molecule has 6 aromatic carbocycles. The molecule has 0 unspecified atom stereocenters. The van der Waals surface area contributed by atoms with Gasteiger partial charge in [-0.05, 0) is 88.7 Å². The number of hydrogen-bond donors (Lipinski definition) is 0. The topological polar surface area (TPSA) is 24.7 Å². The lowest BCUT2D eigenvalue weighted by Crippen LogP contribution is -2.15. The minimum Gasteiger partial charge on any atom is -0.271 e. The molecule has 226 valence electrons. The minimum absolute atomic E-state index is 0.00441. The lowest BCUT2D eigenvalue weighted by molar-refractivity contribution is 0.605. The van der Waals surface area contributed by atoms with Crippen molar-refractivity contribution in [1.82, 2.24) is 0 Å². The van der Waals surface area contributed by atoms with Crippen LogP contribution in [0.1, 0.15) is 38.8 Å². The Morgan fingerprint density at radius 3 is 1.30 bits per heavy atom. The number of fused-ring (bicyclic) bond motifs is 2.